The summed E-state index contributed by atoms with van der Waals surface area (Å²) in [6.45, 7) is 4.48. The van der Waals surface area contributed by atoms with Gasteiger partial charge in [0.1, 0.15) is 0 Å². The molecule has 2 rings (SSSR count). The van der Waals surface area contributed by atoms with Crippen molar-refractivity contribution < 1.29 is 0 Å². The zero-order valence-electron chi connectivity index (χ0n) is 7.46. The van der Waals surface area contributed by atoms with Crippen LogP contribution in [0, 0.1) is 3.95 Å². The van der Waals surface area contributed by atoms with Crippen LogP contribution in [0.2, 0.25) is 0 Å². The molecular formula is C7H11N3S3. The lowest BCUT2D eigenvalue weighted by Crippen LogP contribution is -2.50. The normalized spacial score (nSPS) is 25.2. The molecule has 1 aliphatic heterocycles. The van der Waals surface area contributed by atoms with Crippen molar-refractivity contribution >= 4 is 40.4 Å². The molecule has 13 heavy (non-hydrogen) atoms. The largest absolute Gasteiger partial charge is 0.355 e. The number of rotatable bonds is 2. The van der Waals surface area contributed by atoms with Crippen molar-refractivity contribution in [2.24, 2.45) is 0 Å². The third-order valence-electron chi connectivity index (χ3n) is 2.20. The predicted molar refractivity (Wildman–Crippen MR) is 61.2 cm³/mol. The van der Waals surface area contributed by atoms with Crippen molar-refractivity contribution in [3.8, 4) is 0 Å². The lowest BCUT2D eigenvalue weighted by molar-refractivity contribution is 0.575. The number of nitrogens with one attached hydrogen (secondary N) is 2. The van der Waals surface area contributed by atoms with E-state index in [9.17, 15) is 0 Å². The molecule has 3 nitrogen and oxygen atoms in total. The van der Waals surface area contributed by atoms with E-state index in [2.05, 4.69) is 29.4 Å². The number of H-pyrrole nitrogens is 1. The molecular weight excluding hydrogens is 222 g/mol. The van der Waals surface area contributed by atoms with Crippen LogP contribution in [0.15, 0.2) is 0 Å². The highest BCUT2D eigenvalue weighted by molar-refractivity contribution is 8.02. The molecule has 2 N–H and O–H groups in total. The van der Waals surface area contributed by atoms with Gasteiger partial charge in [-0.15, -0.1) is 5.10 Å². The Labute approximate surface area is 90.3 Å². The average molecular weight is 233 g/mol. The van der Waals surface area contributed by atoms with Crippen LogP contribution in [-0.4, -0.2) is 26.7 Å². The number of anilines is 1. The highest BCUT2D eigenvalue weighted by Crippen LogP contribution is 2.41. The van der Waals surface area contributed by atoms with E-state index in [0.717, 1.165) is 14.8 Å². The van der Waals surface area contributed by atoms with Crippen LogP contribution in [0.4, 0.5) is 5.13 Å². The van der Waals surface area contributed by atoms with Gasteiger partial charge >= 0.3 is 0 Å². The fourth-order valence-corrected chi connectivity index (χ4v) is 3.14. The first-order valence-electron chi connectivity index (χ1n) is 4.04. The summed E-state index contributed by atoms with van der Waals surface area (Å²) < 4.78 is 1.06. The molecule has 1 aromatic heterocycles. The molecule has 0 saturated carbocycles. The minimum absolute atomic E-state index is 0.327. The third-order valence-corrected chi connectivity index (χ3v) is 4.75. The van der Waals surface area contributed by atoms with Gasteiger partial charge in [0.05, 0.1) is 6.04 Å². The van der Waals surface area contributed by atoms with Crippen molar-refractivity contribution in [2.75, 3.05) is 11.1 Å². The highest BCUT2D eigenvalue weighted by atomic mass is 32.2. The third kappa shape index (κ3) is 1.89. The Morgan fingerprint density at radius 3 is 2.85 bits per heavy atom. The summed E-state index contributed by atoms with van der Waals surface area (Å²) in [5.74, 6) is 1.15. The molecule has 1 atom stereocenters. The highest BCUT2D eigenvalue weighted by Gasteiger charge is 2.39. The van der Waals surface area contributed by atoms with E-state index in [4.69, 9.17) is 12.2 Å². The molecule has 0 bridgehead atoms. The fourth-order valence-electron chi connectivity index (χ4n) is 1.16. The van der Waals surface area contributed by atoms with Crippen LogP contribution in [0.25, 0.3) is 0 Å². The SMILES string of the molecule is CC1(C)SCC1Nc1n[nH]c(=S)s1. The molecule has 0 radical (unpaired) electrons. The summed E-state index contributed by atoms with van der Waals surface area (Å²) in [5, 5.41) is 11.1. The molecule has 6 heteroatoms. The first kappa shape index (κ1) is 9.48. The second kappa shape index (κ2) is 3.25. The van der Waals surface area contributed by atoms with E-state index >= 15 is 0 Å². The van der Waals surface area contributed by atoms with Gasteiger partial charge in [0.15, 0.2) is 3.95 Å². The maximum absolute atomic E-state index is 4.95. The summed E-state index contributed by atoms with van der Waals surface area (Å²) in [4.78, 5) is 0. The lowest BCUT2D eigenvalue weighted by Gasteiger charge is -2.43. The van der Waals surface area contributed by atoms with E-state index in [1.807, 2.05) is 11.8 Å². The molecule has 1 aliphatic rings. The second-order valence-electron chi connectivity index (χ2n) is 3.53. The topological polar surface area (TPSA) is 40.7 Å². The smallest absolute Gasteiger partial charge is 0.204 e. The zero-order valence-corrected chi connectivity index (χ0v) is 9.91. The lowest BCUT2D eigenvalue weighted by atomic mass is 10.0. The van der Waals surface area contributed by atoms with Crippen LogP contribution < -0.4 is 5.32 Å². The van der Waals surface area contributed by atoms with Crippen LogP contribution in [-0.2, 0) is 0 Å². The number of aromatic nitrogens is 2. The van der Waals surface area contributed by atoms with E-state index in [0.29, 0.717) is 10.8 Å². The fraction of sp³-hybridized carbons (Fsp3) is 0.714. The second-order valence-corrected chi connectivity index (χ2v) is 6.87. The van der Waals surface area contributed by atoms with Crippen molar-refractivity contribution in [3.63, 3.8) is 0 Å². The van der Waals surface area contributed by atoms with Gasteiger partial charge in [-0.2, -0.15) is 11.8 Å². The van der Waals surface area contributed by atoms with E-state index in [-0.39, 0.29) is 0 Å². The molecule has 0 spiro atoms. The number of hydrogen-bond acceptors (Lipinski definition) is 5. The zero-order chi connectivity index (χ0) is 9.47. The van der Waals surface area contributed by atoms with Crippen molar-refractivity contribution in [3.05, 3.63) is 3.95 Å². The van der Waals surface area contributed by atoms with Gasteiger partial charge in [-0.25, -0.2) is 0 Å². The van der Waals surface area contributed by atoms with E-state index in [1.54, 1.807) is 0 Å². The monoisotopic (exact) mass is 233 g/mol. The standard InChI is InChI=1S/C7H11N3S3/c1-7(2)4(3-12-7)8-5-9-10-6(11)13-5/h4H,3H2,1-2H3,(H,8,9)(H,10,11). The number of thioether (sulfide) groups is 1. The van der Waals surface area contributed by atoms with Crippen molar-refractivity contribution in [2.45, 2.75) is 24.6 Å². The van der Waals surface area contributed by atoms with Crippen LogP contribution >= 0.6 is 35.3 Å². The van der Waals surface area contributed by atoms with Crippen molar-refractivity contribution in [1.29, 1.82) is 0 Å². The van der Waals surface area contributed by atoms with E-state index in [1.165, 1.54) is 11.3 Å². The summed E-state index contributed by atoms with van der Waals surface area (Å²) in [5.41, 5.74) is 0. The maximum Gasteiger partial charge on any atom is 0.204 e. The molecule has 2 heterocycles. The van der Waals surface area contributed by atoms with Crippen molar-refractivity contribution in [1.82, 2.24) is 10.2 Å². The van der Waals surface area contributed by atoms with Gasteiger partial charge in [-0.3, -0.25) is 5.10 Å². The molecule has 72 valence electrons. The molecule has 0 aliphatic carbocycles. The first-order chi connectivity index (χ1) is 6.08. The van der Waals surface area contributed by atoms with Crippen LogP contribution in [0.3, 0.4) is 0 Å². The number of hydrogen-bond donors (Lipinski definition) is 2. The Morgan fingerprint density at radius 1 is 1.69 bits per heavy atom. The Bertz CT molecular complexity index is 354. The van der Waals surface area contributed by atoms with Gasteiger partial charge < -0.3 is 5.32 Å². The molecule has 1 aromatic rings. The van der Waals surface area contributed by atoms with Gasteiger partial charge in [0.2, 0.25) is 5.13 Å². The molecule has 0 amide bonds. The molecule has 1 unspecified atom stereocenters. The Kier molecular flexibility index (Phi) is 2.37. The number of aromatic amines is 1. The molecule has 1 fully saturated rings. The van der Waals surface area contributed by atoms with Gasteiger partial charge in [0, 0.05) is 10.5 Å². The average Bonchev–Trinajstić information content (AvgIpc) is 2.46. The quantitative estimate of drug-likeness (QED) is 0.770. The van der Waals surface area contributed by atoms with Gasteiger partial charge in [0.25, 0.3) is 0 Å². The number of nitrogens with zero attached hydrogens (tertiary/aromatic N) is 1. The van der Waals surface area contributed by atoms with Gasteiger partial charge in [-0.05, 0) is 26.1 Å². The van der Waals surface area contributed by atoms with Crippen LogP contribution in [0.5, 0.6) is 0 Å². The molecule has 1 saturated heterocycles. The summed E-state index contributed by atoms with van der Waals surface area (Å²) in [6, 6.07) is 0.520. The Balaban J connectivity index is 2.03. The maximum atomic E-state index is 4.95. The van der Waals surface area contributed by atoms with Gasteiger partial charge in [-0.1, -0.05) is 11.3 Å². The summed E-state index contributed by atoms with van der Waals surface area (Å²) in [6.07, 6.45) is 0. The summed E-state index contributed by atoms with van der Waals surface area (Å²) in [7, 11) is 0. The first-order valence-corrected chi connectivity index (χ1v) is 6.25. The van der Waals surface area contributed by atoms with E-state index < -0.39 is 0 Å². The van der Waals surface area contributed by atoms with Crippen LogP contribution in [0.1, 0.15) is 13.8 Å². The Hall–Kier alpha value is -0.0700. The minimum atomic E-state index is 0.327. The predicted octanol–water partition coefficient (Wildman–Crippen LogP) is 2.51. The summed E-state index contributed by atoms with van der Waals surface area (Å²) >= 11 is 8.42. The Morgan fingerprint density at radius 2 is 2.46 bits per heavy atom. The molecule has 0 aromatic carbocycles. The minimum Gasteiger partial charge on any atom is -0.355 e.